The van der Waals surface area contributed by atoms with E-state index in [0.29, 0.717) is 24.5 Å². The molecule has 6 nitrogen and oxygen atoms in total. The van der Waals surface area contributed by atoms with Gasteiger partial charge in [-0.2, -0.15) is 0 Å². The highest BCUT2D eigenvalue weighted by Crippen LogP contribution is 2.18. The molecule has 6 heteroatoms. The Morgan fingerprint density at radius 2 is 1.75 bits per heavy atom. The molecular weight excluding hydrogens is 264 g/mol. The molecule has 0 heterocycles. The fourth-order valence-electron chi connectivity index (χ4n) is 1.50. The van der Waals surface area contributed by atoms with Gasteiger partial charge in [-0.3, -0.25) is 4.79 Å². The molecule has 0 aliphatic carbocycles. The molecular formula is C14H18O6. The normalized spacial score (nSPS) is 11.7. The molecule has 0 radical (unpaired) electrons. The average molecular weight is 282 g/mol. The zero-order valence-electron chi connectivity index (χ0n) is 11.2. The maximum Gasteiger partial charge on any atom is 0.337 e. The number of aliphatic hydroxyl groups is 1. The number of carboxylic acids is 1. The largest absolute Gasteiger partial charge is 0.494 e. The van der Waals surface area contributed by atoms with Crippen LogP contribution < -0.4 is 4.74 Å². The Kier molecular flexibility index (Phi) is 6.52. The lowest BCUT2D eigenvalue weighted by molar-refractivity contribution is -0.147. The maximum absolute atomic E-state index is 10.6. The molecule has 0 aromatic heterocycles. The van der Waals surface area contributed by atoms with Crippen LogP contribution in [0.15, 0.2) is 24.3 Å². The summed E-state index contributed by atoms with van der Waals surface area (Å²) in [4.78, 5) is 21.1. The fraction of sp³-hybridized carbons (Fsp3) is 0.429. The van der Waals surface area contributed by atoms with Crippen molar-refractivity contribution in [2.45, 2.75) is 25.9 Å². The molecule has 0 spiro atoms. The molecule has 20 heavy (non-hydrogen) atoms. The van der Waals surface area contributed by atoms with Gasteiger partial charge in [0.25, 0.3) is 0 Å². The van der Waals surface area contributed by atoms with Gasteiger partial charge in [0.15, 0.2) is 6.10 Å². The number of aliphatic carboxylic acids is 1. The van der Waals surface area contributed by atoms with Crippen LogP contribution in [-0.4, -0.2) is 35.4 Å². The van der Waals surface area contributed by atoms with Gasteiger partial charge >= 0.3 is 11.9 Å². The molecule has 1 rings (SSSR count). The third kappa shape index (κ3) is 5.71. The first kappa shape index (κ1) is 16.0. The van der Waals surface area contributed by atoms with Crippen LogP contribution >= 0.6 is 0 Å². The van der Waals surface area contributed by atoms with Crippen molar-refractivity contribution in [1.82, 2.24) is 0 Å². The summed E-state index contributed by atoms with van der Waals surface area (Å²) < 4.78 is 10.2. The van der Waals surface area contributed by atoms with E-state index < -0.39 is 12.1 Å². The second-order valence-electron chi connectivity index (χ2n) is 4.21. The molecule has 0 aliphatic rings. The molecule has 1 atom stereocenters. The van der Waals surface area contributed by atoms with Crippen molar-refractivity contribution in [1.29, 1.82) is 0 Å². The van der Waals surface area contributed by atoms with Crippen LogP contribution in [0, 0.1) is 0 Å². The standard InChI is InChI=1S/C14H18O6/c1-10(15)19-8-2-3-9-20-12-6-4-11(5-7-12)13(16)14(17)18/h4-7,13,16H,2-3,8-9H2,1H3,(H,17,18). The first-order valence-corrected chi connectivity index (χ1v) is 6.27. The molecule has 0 amide bonds. The van der Waals surface area contributed by atoms with Crippen molar-refractivity contribution in [2.75, 3.05) is 13.2 Å². The smallest absolute Gasteiger partial charge is 0.337 e. The van der Waals surface area contributed by atoms with Crippen LogP contribution in [0.25, 0.3) is 0 Å². The van der Waals surface area contributed by atoms with Crippen molar-refractivity contribution in [3.05, 3.63) is 29.8 Å². The number of benzene rings is 1. The van der Waals surface area contributed by atoms with Crippen LogP contribution in [0.1, 0.15) is 31.4 Å². The molecule has 0 aliphatic heterocycles. The highest BCUT2D eigenvalue weighted by molar-refractivity contribution is 5.74. The highest BCUT2D eigenvalue weighted by atomic mass is 16.5. The summed E-state index contributed by atoms with van der Waals surface area (Å²) in [6, 6.07) is 6.22. The molecule has 0 saturated carbocycles. The van der Waals surface area contributed by atoms with Crippen LogP contribution in [0.3, 0.4) is 0 Å². The van der Waals surface area contributed by atoms with Gasteiger partial charge in [0.2, 0.25) is 0 Å². The predicted molar refractivity (Wildman–Crippen MR) is 70.4 cm³/mol. The van der Waals surface area contributed by atoms with E-state index >= 15 is 0 Å². The topological polar surface area (TPSA) is 93.1 Å². The first-order chi connectivity index (χ1) is 9.50. The molecule has 2 N–H and O–H groups in total. The van der Waals surface area contributed by atoms with Crippen LogP contribution in [0.4, 0.5) is 0 Å². The van der Waals surface area contributed by atoms with Crippen molar-refractivity contribution in [3.8, 4) is 5.75 Å². The molecule has 1 aromatic rings. The lowest BCUT2D eigenvalue weighted by Crippen LogP contribution is -2.10. The summed E-state index contributed by atoms with van der Waals surface area (Å²) >= 11 is 0. The predicted octanol–water partition coefficient (Wildman–Crippen LogP) is 1.53. The Balaban J connectivity index is 2.28. The second-order valence-corrected chi connectivity index (χ2v) is 4.21. The molecule has 1 aromatic carbocycles. The summed E-state index contributed by atoms with van der Waals surface area (Å²) in [5.74, 6) is -0.985. The summed E-state index contributed by atoms with van der Waals surface area (Å²) in [5.41, 5.74) is 0.305. The Morgan fingerprint density at radius 3 is 2.30 bits per heavy atom. The van der Waals surface area contributed by atoms with Gasteiger partial charge < -0.3 is 19.7 Å². The van der Waals surface area contributed by atoms with Crippen molar-refractivity contribution >= 4 is 11.9 Å². The Labute approximate surface area is 116 Å². The van der Waals surface area contributed by atoms with E-state index in [-0.39, 0.29) is 5.97 Å². The van der Waals surface area contributed by atoms with Gasteiger partial charge in [0, 0.05) is 6.92 Å². The van der Waals surface area contributed by atoms with Gasteiger partial charge in [0.1, 0.15) is 5.75 Å². The van der Waals surface area contributed by atoms with Crippen molar-refractivity contribution < 1.29 is 29.3 Å². The number of ether oxygens (including phenoxy) is 2. The number of unbranched alkanes of at least 4 members (excludes halogenated alkanes) is 1. The minimum atomic E-state index is -1.52. The number of rotatable bonds is 8. The lowest BCUT2D eigenvalue weighted by Gasteiger charge is -2.09. The summed E-state index contributed by atoms with van der Waals surface area (Å²) in [5, 5.41) is 18.0. The van der Waals surface area contributed by atoms with Crippen molar-refractivity contribution in [2.24, 2.45) is 0 Å². The van der Waals surface area contributed by atoms with Crippen molar-refractivity contribution in [3.63, 3.8) is 0 Å². The summed E-state index contributed by atoms with van der Waals surface area (Å²) in [6.07, 6.45) is -0.0601. The minimum absolute atomic E-state index is 0.293. The molecule has 0 bridgehead atoms. The number of hydrogen-bond acceptors (Lipinski definition) is 5. The molecule has 0 fully saturated rings. The number of esters is 1. The molecule has 0 saturated heterocycles. The minimum Gasteiger partial charge on any atom is -0.494 e. The third-order valence-electron chi connectivity index (χ3n) is 2.54. The maximum atomic E-state index is 10.6. The van der Waals surface area contributed by atoms with Crippen LogP contribution in [0.2, 0.25) is 0 Å². The van der Waals surface area contributed by atoms with E-state index in [4.69, 9.17) is 14.6 Å². The van der Waals surface area contributed by atoms with Crippen LogP contribution in [-0.2, 0) is 14.3 Å². The monoisotopic (exact) mass is 282 g/mol. The highest BCUT2D eigenvalue weighted by Gasteiger charge is 2.15. The number of carbonyl (C=O) groups is 2. The van der Waals surface area contributed by atoms with Crippen LogP contribution in [0.5, 0.6) is 5.75 Å². The zero-order chi connectivity index (χ0) is 15.0. The number of hydrogen-bond donors (Lipinski definition) is 2. The number of aliphatic hydroxyl groups excluding tert-OH is 1. The SMILES string of the molecule is CC(=O)OCCCCOc1ccc(C(O)C(=O)O)cc1. The number of carbonyl (C=O) groups excluding carboxylic acids is 1. The Morgan fingerprint density at radius 1 is 1.15 bits per heavy atom. The van der Waals surface area contributed by atoms with E-state index in [1.807, 2.05) is 0 Å². The molecule has 1 unspecified atom stereocenters. The third-order valence-corrected chi connectivity index (χ3v) is 2.54. The zero-order valence-corrected chi connectivity index (χ0v) is 11.2. The van der Waals surface area contributed by atoms with Gasteiger partial charge in [-0.1, -0.05) is 12.1 Å². The first-order valence-electron chi connectivity index (χ1n) is 6.27. The van der Waals surface area contributed by atoms with E-state index in [1.165, 1.54) is 19.1 Å². The second kappa shape index (κ2) is 8.16. The summed E-state index contributed by atoms with van der Waals surface area (Å²) in [6.45, 7) is 2.22. The Bertz CT molecular complexity index is 439. The Hall–Kier alpha value is -2.08. The van der Waals surface area contributed by atoms with Gasteiger partial charge in [-0.25, -0.2) is 4.79 Å². The van der Waals surface area contributed by atoms with E-state index in [0.717, 1.165) is 12.8 Å². The average Bonchev–Trinajstić information content (AvgIpc) is 2.42. The van der Waals surface area contributed by atoms with Gasteiger partial charge in [-0.05, 0) is 30.5 Å². The van der Waals surface area contributed by atoms with E-state index in [1.54, 1.807) is 12.1 Å². The van der Waals surface area contributed by atoms with E-state index in [2.05, 4.69) is 0 Å². The van der Waals surface area contributed by atoms with Gasteiger partial charge in [-0.15, -0.1) is 0 Å². The number of carboxylic acid groups (broad SMARTS) is 1. The summed E-state index contributed by atoms with van der Waals surface area (Å²) in [7, 11) is 0. The lowest BCUT2D eigenvalue weighted by atomic mass is 10.1. The van der Waals surface area contributed by atoms with Gasteiger partial charge in [0.05, 0.1) is 13.2 Å². The van der Waals surface area contributed by atoms with E-state index in [9.17, 15) is 14.7 Å². The molecule has 110 valence electrons. The quantitative estimate of drug-likeness (QED) is 0.555. The fourth-order valence-corrected chi connectivity index (χ4v) is 1.50.